The van der Waals surface area contributed by atoms with Gasteiger partial charge in [-0.05, 0) is 69.0 Å². The van der Waals surface area contributed by atoms with Gasteiger partial charge < -0.3 is 25.5 Å². The van der Waals surface area contributed by atoms with Crippen LogP contribution in [0.4, 0.5) is 21.8 Å². The van der Waals surface area contributed by atoms with E-state index in [0.29, 0.717) is 34.9 Å². The predicted molar refractivity (Wildman–Crippen MR) is 162 cm³/mol. The van der Waals surface area contributed by atoms with Gasteiger partial charge in [0.25, 0.3) is 0 Å². The van der Waals surface area contributed by atoms with Crippen LogP contribution in [0.1, 0.15) is 37.3 Å². The van der Waals surface area contributed by atoms with Gasteiger partial charge in [-0.1, -0.05) is 12.1 Å². The monoisotopic (exact) mass is 553 g/mol. The van der Waals surface area contributed by atoms with E-state index in [9.17, 15) is 4.39 Å². The Morgan fingerprint density at radius 1 is 0.976 bits per heavy atom. The van der Waals surface area contributed by atoms with Crippen LogP contribution in [0.15, 0.2) is 48.9 Å². The number of aromatic nitrogens is 5. The molecule has 1 saturated carbocycles. The molecule has 9 nitrogen and oxygen atoms in total. The van der Waals surface area contributed by atoms with Crippen molar-refractivity contribution < 1.29 is 4.39 Å². The number of likely N-dealkylation sites (N-methyl/N-ethyl adjacent to an activating group) is 1. The van der Waals surface area contributed by atoms with Crippen molar-refractivity contribution in [2.75, 3.05) is 44.3 Å². The smallest absolute Gasteiger partial charge is 0.205 e. The number of halogens is 1. The molecule has 1 aliphatic carbocycles. The molecule has 5 aromatic rings. The fraction of sp³-hybridized carbons (Fsp3) is 0.387. The number of hydrogen-bond acceptors (Lipinski definition) is 7. The summed E-state index contributed by atoms with van der Waals surface area (Å²) in [6.07, 6.45) is 8.47. The van der Waals surface area contributed by atoms with Crippen molar-refractivity contribution in [3.63, 3.8) is 0 Å². The number of rotatable bonds is 5. The first-order valence-corrected chi connectivity index (χ1v) is 14.5. The Balaban J connectivity index is 1.12. The summed E-state index contributed by atoms with van der Waals surface area (Å²) < 4.78 is 16.3. The Kier molecular flexibility index (Phi) is 6.59. The maximum absolute atomic E-state index is 14.0. The normalized spacial score (nSPS) is 20.7. The highest BCUT2D eigenvalue weighted by Crippen LogP contribution is 2.39. The van der Waals surface area contributed by atoms with E-state index in [0.717, 1.165) is 59.3 Å². The molecule has 1 aliphatic heterocycles. The van der Waals surface area contributed by atoms with Crippen LogP contribution in [0, 0.1) is 12.7 Å². The van der Waals surface area contributed by atoms with Gasteiger partial charge in [0.05, 0.1) is 16.4 Å². The van der Waals surface area contributed by atoms with Gasteiger partial charge in [0.1, 0.15) is 23.6 Å². The lowest BCUT2D eigenvalue weighted by Crippen LogP contribution is -2.49. The van der Waals surface area contributed by atoms with Gasteiger partial charge in [-0.15, -0.1) is 0 Å². The molecule has 0 radical (unpaired) electrons. The van der Waals surface area contributed by atoms with Crippen molar-refractivity contribution in [3.8, 4) is 11.1 Å². The molecule has 2 fully saturated rings. The zero-order chi connectivity index (χ0) is 28.1. The first-order valence-electron chi connectivity index (χ1n) is 14.5. The Bertz CT molecular complexity index is 1650. The summed E-state index contributed by atoms with van der Waals surface area (Å²) >= 11 is 0. The summed E-state index contributed by atoms with van der Waals surface area (Å²) in [5.74, 6) is 0.812. The Morgan fingerprint density at radius 3 is 2.46 bits per heavy atom. The number of anilines is 3. The highest BCUT2D eigenvalue weighted by molar-refractivity contribution is 6.00. The molecule has 0 spiro atoms. The summed E-state index contributed by atoms with van der Waals surface area (Å²) in [4.78, 5) is 21.8. The Hall–Kier alpha value is -4.02. The number of aromatic amines is 1. The van der Waals surface area contributed by atoms with E-state index in [1.807, 2.05) is 12.1 Å². The molecule has 4 N–H and O–H groups in total. The lowest BCUT2D eigenvalue weighted by molar-refractivity contribution is 0.0828. The third kappa shape index (κ3) is 4.91. The lowest BCUT2D eigenvalue weighted by atomic mass is 9.89. The second-order valence-corrected chi connectivity index (χ2v) is 11.6. The highest BCUT2D eigenvalue weighted by Gasteiger charge is 2.30. The third-order valence-electron chi connectivity index (χ3n) is 8.97. The molecule has 1 saturated heterocycles. The van der Waals surface area contributed by atoms with Crippen molar-refractivity contribution >= 4 is 39.5 Å². The minimum atomic E-state index is -0.259. The van der Waals surface area contributed by atoms with Crippen molar-refractivity contribution in [2.24, 2.45) is 0 Å². The van der Waals surface area contributed by atoms with Gasteiger partial charge in [-0.3, -0.25) is 4.90 Å². The van der Waals surface area contributed by atoms with Crippen LogP contribution >= 0.6 is 0 Å². The summed E-state index contributed by atoms with van der Waals surface area (Å²) in [5.41, 5.74) is 12.3. The SMILES string of the molecule is Cc1cc2[nH]c(Nc3ccc(-c4cn(C5CCC(N6CCN(C)CC6)CC5)c5ncnc(N)c45)cc3)nc2cc1F. The van der Waals surface area contributed by atoms with Gasteiger partial charge in [0, 0.05) is 61.8 Å². The van der Waals surface area contributed by atoms with E-state index >= 15 is 0 Å². The van der Waals surface area contributed by atoms with Crippen molar-refractivity contribution in [1.82, 2.24) is 34.3 Å². The van der Waals surface area contributed by atoms with E-state index < -0.39 is 0 Å². The Morgan fingerprint density at radius 2 is 1.71 bits per heavy atom. The third-order valence-corrected chi connectivity index (χ3v) is 8.97. The van der Waals surface area contributed by atoms with Crippen LogP contribution in [0.2, 0.25) is 0 Å². The highest BCUT2D eigenvalue weighted by atomic mass is 19.1. The summed E-state index contributed by atoms with van der Waals surface area (Å²) in [6, 6.07) is 12.5. The van der Waals surface area contributed by atoms with Crippen LogP contribution in [-0.2, 0) is 0 Å². The number of piperazine rings is 1. The maximum Gasteiger partial charge on any atom is 0.205 e. The van der Waals surface area contributed by atoms with E-state index in [1.54, 1.807) is 19.3 Å². The fourth-order valence-corrected chi connectivity index (χ4v) is 6.56. The van der Waals surface area contributed by atoms with Crippen LogP contribution in [0.25, 0.3) is 33.2 Å². The largest absolute Gasteiger partial charge is 0.383 e. The van der Waals surface area contributed by atoms with Crippen molar-refractivity contribution in [1.29, 1.82) is 0 Å². The van der Waals surface area contributed by atoms with Gasteiger partial charge in [-0.2, -0.15) is 0 Å². The molecule has 10 heteroatoms. The number of imidazole rings is 1. The van der Waals surface area contributed by atoms with Gasteiger partial charge >= 0.3 is 0 Å². The fourth-order valence-electron chi connectivity index (χ4n) is 6.56. The number of fused-ring (bicyclic) bond motifs is 2. The molecule has 7 rings (SSSR count). The molecule has 41 heavy (non-hydrogen) atoms. The molecular weight excluding hydrogens is 517 g/mol. The zero-order valence-electron chi connectivity index (χ0n) is 23.6. The number of nitrogens with two attached hydrogens (primary N) is 1. The molecular formula is C31H36FN9. The average Bonchev–Trinajstić information content (AvgIpc) is 3.56. The molecule has 3 aromatic heterocycles. The van der Waals surface area contributed by atoms with Gasteiger partial charge in [0.2, 0.25) is 5.95 Å². The number of hydrogen-bond donors (Lipinski definition) is 3. The number of nitrogens with zero attached hydrogens (tertiary/aromatic N) is 6. The van der Waals surface area contributed by atoms with E-state index in [1.165, 1.54) is 32.0 Å². The number of aryl methyl sites for hydroxylation is 1. The lowest BCUT2D eigenvalue weighted by Gasteiger charge is -2.41. The molecule has 2 aliphatic rings. The van der Waals surface area contributed by atoms with Crippen LogP contribution in [0.3, 0.4) is 0 Å². The molecule has 4 heterocycles. The molecule has 0 atom stereocenters. The average molecular weight is 554 g/mol. The van der Waals surface area contributed by atoms with E-state index in [-0.39, 0.29) is 5.82 Å². The van der Waals surface area contributed by atoms with Gasteiger partial charge in [0.15, 0.2) is 0 Å². The van der Waals surface area contributed by atoms with E-state index in [4.69, 9.17) is 10.7 Å². The van der Waals surface area contributed by atoms with Crippen molar-refractivity contribution in [3.05, 3.63) is 60.3 Å². The summed E-state index contributed by atoms with van der Waals surface area (Å²) in [5, 5.41) is 4.21. The van der Waals surface area contributed by atoms with Crippen LogP contribution in [-0.4, -0.2) is 73.6 Å². The van der Waals surface area contributed by atoms with Crippen LogP contribution in [0.5, 0.6) is 0 Å². The number of H-pyrrole nitrogens is 1. The second-order valence-electron chi connectivity index (χ2n) is 11.6. The molecule has 0 bridgehead atoms. The molecule has 0 unspecified atom stereocenters. The van der Waals surface area contributed by atoms with Crippen molar-refractivity contribution in [2.45, 2.75) is 44.7 Å². The number of nitrogen functional groups attached to an aromatic ring is 1. The topological polar surface area (TPSA) is 104 Å². The first kappa shape index (κ1) is 25.9. The molecule has 212 valence electrons. The summed E-state index contributed by atoms with van der Waals surface area (Å²) in [7, 11) is 2.21. The van der Waals surface area contributed by atoms with Crippen LogP contribution < -0.4 is 11.1 Å². The zero-order valence-corrected chi connectivity index (χ0v) is 23.6. The first-order chi connectivity index (χ1) is 19.9. The Labute approximate surface area is 238 Å². The standard InChI is InChI=1S/C31H36FN9/c1-19-15-26-27(16-25(19)32)38-31(37-26)36-21-5-3-20(4-6-21)24-17-41(30-28(24)29(33)34-18-35-30)23-9-7-22(8-10-23)40-13-11-39(2)12-14-40/h3-6,15-18,22-23H,7-14H2,1-2H3,(H2,33,34,35)(H2,36,37,38). The quantitative estimate of drug-likeness (QED) is 0.265. The minimum absolute atomic E-state index is 0.259. The predicted octanol–water partition coefficient (Wildman–Crippen LogP) is 5.48. The number of nitrogens with one attached hydrogen (secondary N) is 2. The van der Waals surface area contributed by atoms with Gasteiger partial charge in [-0.25, -0.2) is 19.3 Å². The molecule has 2 aromatic carbocycles. The molecule has 0 amide bonds. The summed E-state index contributed by atoms with van der Waals surface area (Å²) in [6.45, 7) is 6.41. The minimum Gasteiger partial charge on any atom is -0.383 e. The number of benzene rings is 2. The second kappa shape index (κ2) is 10.4. The van der Waals surface area contributed by atoms with E-state index in [2.05, 4.69) is 60.0 Å². The maximum atomic E-state index is 14.0.